The maximum Gasteiger partial charge on any atom is 0.310 e. The largest absolute Gasteiger partial charge is 0.466 e. The zero-order chi connectivity index (χ0) is 15.9. The van der Waals surface area contributed by atoms with E-state index in [-0.39, 0.29) is 18.4 Å². The summed E-state index contributed by atoms with van der Waals surface area (Å²) in [6, 6.07) is 0. The van der Waals surface area contributed by atoms with E-state index < -0.39 is 10.2 Å². The van der Waals surface area contributed by atoms with Crippen molar-refractivity contribution in [1.29, 1.82) is 0 Å². The molecule has 0 aromatic rings. The zero-order valence-electron chi connectivity index (χ0n) is 13.4. The number of nitrogens with zero attached hydrogens (tertiary/aromatic N) is 2. The molecule has 21 heavy (non-hydrogen) atoms. The molecule has 124 valence electrons. The minimum atomic E-state index is -3.47. The Morgan fingerprint density at radius 2 is 1.86 bits per heavy atom. The van der Waals surface area contributed by atoms with E-state index >= 15 is 0 Å². The number of rotatable bonds is 8. The van der Waals surface area contributed by atoms with Gasteiger partial charge in [0.05, 0.1) is 12.5 Å². The van der Waals surface area contributed by atoms with Crippen LogP contribution in [0.25, 0.3) is 0 Å². The van der Waals surface area contributed by atoms with Gasteiger partial charge in [-0.2, -0.15) is 17.0 Å². The topological polar surface area (TPSA) is 66.9 Å². The highest BCUT2D eigenvalue weighted by Gasteiger charge is 2.35. The summed E-state index contributed by atoms with van der Waals surface area (Å²) >= 11 is 0. The first kappa shape index (κ1) is 18.4. The third-order valence-electron chi connectivity index (χ3n) is 3.60. The third kappa shape index (κ3) is 4.93. The van der Waals surface area contributed by atoms with Gasteiger partial charge in [0.1, 0.15) is 0 Å². The predicted molar refractivity (Wildman–Crippen MR) is 82.0 cm³/mol. The van der Waals surface area contributed by atoms with E-state index in [0.29, 0.717) is 39.1 Å². The van der Waals surface area contributed by atoms with Crippen LogP contribution in [0.1, 0.15) is 46.5 Å². The summed E-state index contributed by atoms with van der Waals surface area (Å²) in [4.78, 5) is 11.8. The van der Waals surface area contributed by atoms with Crippen molar-refractivity contribution in [3.05, 3.63) is 0 Å². The molecule has 1 fully saturated rings. The number of piperidine rings is 1. The number of carbonyl (C=O) groups excluding carboxylic acids is 1. The number of carbonyl (C=O) groups is 1. The summed E-state index contributed by atoms with van der Waals surface area (Å²) in [6.45, 7) is 7.81. The van der Waals surface area contributed by atoms with E-state index in [4.69, 9.17) is 4.74 Å². The summed E-state index contributed by atoms with van der Waals surface area (Å²) in [6.07, 6.45) is 2.98. The Morgan fingerprint density at radius 3 is 2.38 bits per heavy atom. The molecule has 1 aliphatic rings. The van der Waals surface area contributed by atoms with Gasteiger partial charge in [0.25, 0.3) is 10.2 Å². The van der Waals surface area contributed by atoms with E-state index in [2.05, 4.69) is 0 Å². The quantitative estimate of drug-likeness (QED) is 0.638. The van der Waals surface area contributed by atoms with Crippen molar-refractivity contribution in [3.8, 4) is 0 Å². The van der Waals surface area contributed by atoms with Gasteiger partial charge < -0.3 is 4.74 Å². The molecule has 1 atom stereocenters. The van der Waals surface area contributed by atoms with Gasteiger partial charge in [-0.05, 0) is 32.6 Å². The number of esters is 1. The fraction of sp³-hybridized carbons (Fsp3) is 0.929. The molecule has 0 radical (unpaired) electrons. The van der Waals surface area contributed by atoms with Crippen LogP contribution in [0, 0.1) is 5.92 Å². The second kappa shape index (κ2) is 8.70. The molecule has 0 unspecified atom stereocenters. The Hall–Kier alpha value is -0.660. The van der Waals surface area contributed by atoms with Gasteiger partial charge >= 0.3 is 5.97 Å². The highest BCUT2D eigenvalue weighted by molar-refractivity contribution is 7.86. The van der Waals surface area contributed by atoms with Crippen molar-refractivity contribution in [2.75, 3.05) is 32.8 Å². The van der Waals surface area contributed by atoms with Gasteiger partial charge in [-0.15, -0.1) is 0 Å². The SMILES string of the molecule is CCCN(CCC)S(=O)(=O)N1CCC[C@H](C(=O)OCC)C1. The highest BCUT2D eigenvalue weighted by atomic mass is 32.2. The highest BCUT2D eigenvalue weighted by Crippen LogP contribution is 2.22. The van der Waals surface area contributed by atoms with Gasteiger partial charge in [-0.3, -0.25) is 4.79 Å². The first-order valence-electron chi connectivity index (χ1n) is 7.89. The Labute approximate surface area is 128 Å². The Balaban J connectivity index is 2.79. The molecule has 0 bridgehead atoms. The predicted octanol–water partition coefficient (Wildman–Crippen LogP) is 1.63. The fourth-order valence-electron chi connectivity index (χ4n) is 2.61. The molecule has 0 aromatic heterocycles. The lowest BCUT2D eigenvalue weighted by molar-refractivity contribution is -0.149. The smallest absolute Gasteiger partial charge is 0.310 e. The van der Waals surface area contributed by atoms with E-state index in [9.17, 15) is 13.2 Å². The average Bonchev–Trinajstić information content (AvgIpc) is 2.47. The van der Waals surface area contributed by atoms with Crippen LogP contribution in [0.5, 0.6) is 0 Å². The molecule has 0 spiro atoms. The molecule has 1 heterocycles. The van der Waals surface area contributed by atoms with Gasteiger partial charge in [0.2, 0.25) is 0 Å². The van der Waals surface area contributed by atoms with Crippen molar-refractivity contribution < 1.29 is 17.9 Å². The summed E-state index contributed by atoms with van der Waals surface area (Å²) in [5, 5.41) is 0. The molecule has 1 rings (SSSR count). The summed E-state index contributed by atoms with van der Waals surface area (Å²) < 4.78 is 33.4. The van der Waals surface area contributed by atoms with Crippen LogP contribution < -0.4 is 0 Å². The first-order chi connectivity index (χ1) is 9.97. The summed E-state index contributed by atoms with van der Waals surface area (Å²) in [5.74, 6) is -0.617. The zero-order valence-corrected chi connectivity index (χ0v) is 14.2. The minimum absolute atomic E-state index is 0.241. The molecule has 0 saturated carbocycles. The summed E-state index contributed by atoms with van der Waals surface area (Å²) in [7, 11) is -3.47. The second-order valence-electron chi connectivity index (χ2n) is 5.36. The van der Waals surface area contributed by atoms with Gasteiger partial charge in [0, 0.05) is 26.2 Å². The van der Waals surface area contributed by atoms with Gasteiger partial charge in [-0.1, -0.05) is 13.8 Å². The van der Waals surface area contributed by atoms with E-state index in [1.54, 1.807) is 6.92 Å². The Kier molecular flexibility index (Phi) is 7.62. The maximum atomic E-state index is 12.7. The fourth-order valence-corrected chi connectivity index (χ4v) is 4.49. The second-order valence-corrected chi connectivity index (χ2v) is 7.28. The number of hydrogen-bond donors (Lipinski definition) is 0. The standard InChI is InChI=1S/C14H28N2O4S/c1-4-9-15(10-5-2)21(18,19)16-11-7-8-13(12-16)14(17)20-6-3/h13H,4-12H2,1-3H3/t13-/m0/s1. The first-order valence-corrected chi connectivity index (χ1v) is 9.28. The van der Waals surface area contributed by atoms with E-state index in [1.807, 2.05) is 13.8 Å². The molecule has 1 saturated heterocycles. The molecule has 1 aliphatic heterocycles. The molecule has 0 aliphatic carbocycles. The monoisotopic (exact) mass is 320 g/mol. The third-order valence-corrected chi connectivity index (χ3v) is 5.60. The minimum Gasteiger partial charge on any atom is -0.466 e. The van der Waals surface area contributed by atoms with Crippen molar-refractivity contribution in [3.63, 3.8) is 0 Å². The Morgan fingerprint density at radius 1 is 1.24 bits per heavy atom. The van der Waals surface area contributed by atoms with Crippen molar-refractivity contribution >= 4 is 16.2 Å². The maximum absolute atomic E-state index is 12.7. The summed E-state index contributed by atoms with van der Waals surface area (Å²) in [5.41, 5.74) is 0. The van der Waals surface area contributed by atoms with Crippen LogP contribution in [-0.2, 0) is 19.7 Å². The lowest BCUT2D eigenvalue weighted by atomic mass is 10.0. The Bertz CT molecular complexity index is 419. The van der Waals surface area contributed by atoms with E-state index in [1.165, 1.54) is 8.61 Å². The molecule has 7 heteroatoms. The molecule has 0 amide bonds. The molecule has 0 N–H and O–H groups in total. The van der Waals surface area contributed by atoms with Gasteiger partial charge in [-0.25, -0.2) is 0 Å². The van der Waals surface area contributed by atoms with Crippen LogP contribution in [0.3, 0.4) is 0 Å². The van der Waals surface area contributed by atoms with Crippen molar-refractivity contribution in [1.82, 2.24) is 8.61 Å². The van der Waals surface area contributed by atoms with Crippen LogP contribution >= 0.6 is 0 Å². The van der Waals surface area contributed by atoms with Crippen LogP contribution in [0.2, 0.25) is 0 Å². The molecule has 0 aromatic carbocycles. The number of hydrogen-bond acceptors (Lipinski definition) is 4. The van der Waals surface area contributed by atoms with Crippen molar-refractivity contribution in [2.24, 2.45) is 5.92 Å². The van der Waals surface area contributed by atoms with Crippen LogP contribution in [-0.4, -0.2) is 55.8 Å². The van der Waals surface area contributed by atoms with Crippen molar-refractivity contribution in [2.45, 2.75) is 46.5 Å². The van der Waals surface area contributed by atoms with Crippen LogP contribution in [0.15, 0.2) is 0 Å². The van der Waals surface area contributed by atoms with E-state index in [0.717, 1.165) is 12.8 Å². The molecular formula is C14H28N2O4S. The normalized spacial score (nSPS) is 20.7. The van der Waals surface area contributed by atoms with Gasteiger partial charge in [0.15, 0.2) is 0 Å². The molecular weight excluding hydrogens is 292 g/mol. The number of ether oxygens (including phenoxy) is 1. The van der Waals surface area contributed by atoms with Crippen LogP contribution in [0.4, 0.5) is 0 Å². The molecule has 6 nitrogen and oxygen atoms in total. The average molecular weight is 320 g/mol. The lowest BCUT2D eigenvalue weighted by Gasteiger charge is -2.34. The lowest BCUT2D eigenvalue weighted by Crippen LogP contribution is -2.49.